The van der Waals surface area contributed by atoms with E-state index in [0.717, 1.165) is 10.8 Å². The zero-order valence-corrected chi connectivity index (χ0v) is 14.9. The summed E-state index contributed by atoms with van der Waals surface area (Å²) in [6, 6.07) is 8.43. The van der Waals surface area contributed by atoms with Crippen molar-refractivity contribution in [3.63, 3.8) is 0 Å². The Balaban J connectivity index is 1.66. The van der Waals surface area contributed by atoms with Crippen LogP contribution in [0.5, 0.6) is 0 Å². The minimum atomic E-state index is -0.375. The molecule has 0 aliphatic carbocycles. The van der Waals surface area contributed by atoms with E-state index in [4.69, 9.17) is 0 Å². The Bertz CT molecular complexity index is 697. The fourth-order valence-electron chi connectivity index (χ4n) is 2.80. The molecule has 2 aromatic rings. The molecule has 0 unspecified atom stereocenters. The Morgan fingerprint density at radius 1 is 1.38 bits per heavy atom. The van der Waals surface area contributed by atoms with Gasteiger partial charge in [-0.15, -0.1) is 0 Å². The normalized spacial score (nSPS) is 17.7. The Kier molecular flexibility index (Phi) is 5.26. The highest BCUT2D eigenvalue weighted by molar-refractivity contribution is 7.99. The molecule has 5 nitrogen and oxygen atoms in total. The van der Waals surface area contributed by atoms with E-state index in [9.17, 15) is 9.90 Å². The summed E-state index contributed by atoms with van der Waals surface area (Å²) in [4.78, 5) is 18.3. The minimum absolute atomic E-state index is 0.0567. The molecular weight excluding hydrogens is 322 g/mol. The SMILES string of the molecule is CC(C)c1ccc(-n2ccnc2SCC(=O)N2CC[C@H](O)C2)cc1. The van der Waals surface area contributed by atoms with Crippen LogP contribution in [-0.4, -0.2) is 50.4 Å². The molecule has 6 heteroatoms. The average molecular weight is 345 g/mol. The molecule has 1 aromatic heterocycles. The molecule has 1 N–H and O–H groups in total. The fraction of sp³-hybridized carbons (Fsp3) is 0.444. The first-order chi connectivity index (χ1) is 11.5. The lowest BCUT2D eigenvalue weighted by atomic mass is 10.0. The molecule has 1 fully saturated rings. The van der Waals surface area contributed by atoms with Gasteiger partial charge in [-0.2, -0.15) is 0 Å². The van der Waals surface area contributed by atoms with E-state index in [2.05, 4.69) is 43.1 Å². The van der Waals surface area contributed by atoms with Crippen molar-refractivity contribution < 1.29 is 9.90 Å². The third-order valence-corrected chi connectivity index (χ3v) is 5.24. The zero-order valence-electron chi connectivity index (χ0n) is 14.1. The van der Waals surface area contributed by atoms with Crippen LogP contribution >= 0.6 is 11.8 Å². The molecule has 1 atom stereocenters. The van der Waals surface area contributed by atoms with E-state index in [1.165, 1.54) is 17.3 Å². The van der Waals surface area contributed by atoms with Crippen LogP contribution in [0, 0.1) is 0 Å². The summed E-state index contributed by atoms with van der Waals surface area (Å²) in [7, 11) is 0. The molecule has 1 aromatic carbocycles. The van der Waals surface area contributed by atoms with E-state index < -0.39 is 0 Å². The Morgan fingerprint density at radius 2 is 2.12 bits per heavy atom. The van der Waals surface area contributed by atoms with E-state index in [0.29, 0.717) is 31.2 Å². The number of amides is 1. The van der Waals surface area contributed by atoms with Gasteiger partial charge in [0, 0.05) is 31.2 Å². The van der Waals surface area contributed by atoms with Crippen LogP contribution in [-0.2, 0) is 4.79 Å². The largest absolute Gasteiger partial charge is 0.391 e. The number of thioether (sulfide) groups is 1. The van der Waals surface area contributed by atoms with Crippen molar-refractivity contribution >= 4 is 17.7 Å². The molecule has 1 amide bonds. The van der Waals surface area contributed by atoms with Crippen molar-refractivity contribution in [2.45, 2.75) is 37.4 Å². The molecule has 0 spiro atoms. The molecule has 1 aliphatic rings. The zero-order chi connectivity index (χ0) is 17.1. The molecule has 128 valence electrons. The number of rotatable bonds is 5. The van der Waals surface area contributed by atoms with Gasteiger partial charge in [-0.1, -0.05) is 37.7 Å². The lowest BCUT2D eigenvalue weighted by Gasteiger charge is -2.15. The summed E-state index contributed by atoms with van der Waals surface area (Å²) in [5.41, 5.74) is 2.35. The van der Waals surface area contributed by atoms with Crippen LogP contribution < -0.4 is 0 Å². The number of imidazole rings is 1. The van der Waals surface area contributed by atoms with Crippen molar-refractivity contribution in [1.82, 2.24) is 14.5 Å². The van der Waals surface area contributed by atoms with E-state index >= 15 is 0 Å². The quantitative estimate of drug-likeness (QED) is 0.847. The number of β-amino-alcohol motifs (C(OH)–C–C–N with tert-alkyl or cyclic N) is 1. The van der Waals surface area contributed by atoms with Gasteiger partial charge in [0.2, 0.25) is 5.91 Å². The molecular formula is C18H23N3O2S. The summed E-state index contributed by atoms with van der Waals surface area (Å²) in [5.74, 6) is 0.902. The number of carbonyl (C=O) groups excluding carboxylic acids is 1. The number of likely N-dealkylation sites (tertiary alicyclic amines) is 1. The van der Waals surface area contributed by atoms with Crippen LogP contribution in [0.2, 0.25) is 0 Å². The number of aromatic nitrogens is 2. The van der Waals surface area contributed by atoms with Gasteiger partial charge in [-0.3, -0.25) is 9.36 Å². The molecule has 0 radical (unpaired) electrons. The van der Waals surface area contributed by atoms with Crippen molar-refractivity contribution in [2.75, 3.05) is 18.8 Å². The average Bonchev–Trinajstić information content (AvgIpc) is 3.21. The molecule has 0 saturated carbocycles. The predicted molar refractivity (Wildman–Crippen MR) is 95.6 cm³/mol. The molecule has 3 rings (SSSR count). The topological polar surface area (TPSA) is 58.4 Å². The third kappa shape index (κ3) is 3.82. The van der Waals surface area contributed by atoms with Gasteiger partial charge in [-0.25, -0.2) is 4.98 Å². The molecule has 2 heterocycles. The number of benzene rings is 1. The van der Waals surface area contributed by atoms with Crippen LogP contribution in [0.15, 0.2) is 41.8 Å². The van der Waals surface area contributed by atoms with E-state index in [1.807, 2.05) is 10.8 Å². The highest BCUT2D eigenvalue weighted by atomic mass is 32.2. The maximum absolute atomic E-state index is 12.2. The standard InChI is InChI=1S/C18H23N3O2S/c1-13(2)14-3-5-15(6-4-14)21-10-8-19-18(21)24-12-17(23)20-9-7-16(22)11-20/h3-6,8,10,13,16,22H,7,9,11-12H2,1-2H3/t16-/m0/s1. The van der Waals surface area contributed by atoms with Gasteiger partial charge >= 0.3 is 0 Å². The second kappa shape index (κ2) is 7.40. The first-order valence-corrected chi connectivity index (χ1v) is 9.25. The van der Waals surface area contributed by atoms with Crippen LogP contribution in [0.4, 0.5) is 0 Å². The lowest BCUT2D eigenvalue weighted by Crippen LogP contribution is -2.31. The number of aliphatic hydroxyl groups excluding tert-OH is 1. The second-order valence-corrected chi connectivity index (χ2v) is 7.34. The number of aliphatic hydroxyl groups is 1. The summed E-state index contributed by atoms with van der Waals surface area (Å²) < 4.78 is 2.00. The smallest absolute Gasteiger partial charge is 0.233 e. The monoisotopic (exact) mass is 345 g/mol. The number of hydrogen-bond acceptors (Lipinski definition) is 4. The van der Waals surface area contributed by atoms with Gasteiger partial charge < -0.3 is 10.0 Å². The Hall–Kier alpha value is -1.79. The summed E-state index contributed by atoms with van der Waals surface area (Å²) >= 11 is 1.43. The molecule has 0 bridgehead atoms. The highest BCUT2D eigenvalue weighted by Crippen LogP contribution is 2.23. The van der Waals surface area contributed by atoms with Crippen LogP contribution in [0.3, 0.4) is 0 Å². The third-order valence-electron chi connectivity index (χ3n) is 4.29. The predicted octanol–water partition coefficient (Wildman–Crippen LogP) is 2.68. The van der Waals surface area contributed by atoms with Gasteiger partial charge in [0.15, 0.2) is 5.16 Å². The maximum Gasteiger partial charge on any atom is 0.233 e. The minimum Gasteiger partial charge on any atom is -0.391 e. The van der Waals surface area contributed by atoms with Gasteiger partial charge in [0.25, 0.3) is 0 Å². The lowest BCUT2D eigenvalue weighted by molar-refractivity contribution is -0.127. The van der Waals surface area contributed by atoms with Crippen molar-refractivity contribution in [3.8, 4) is 5.69 Å². The van der Waals surface area contributed by atoms with E-state index in [-0.39, 0.29) is 12.0 Å². The summed E-state index contributed by atoms with van der Waals surface area (Å²) in [6.07, 6.45) is 3.97. The summed E-state index contributed by atoms with van der Waals surface area (Å²) in [5, 5.41) is 10.3. The second-order valence-electron chi connectivity index (χ2n) is 6.40. The van der Waals surface area contributed by atoms with Crippen LogP contribution in [0.25, 0.3) is 5.69 Å². The number of hydrogen-bond donors (Lipinski definition) is 1. The van der Waals surface area contributed by atoms with Crippen LogP contribution in [0.1, 0.15) is 31.7 Å². The molecule has 1 saturated heterocycles. The Labute approximate surface area is 146 Å². The molecule has 24 heavy (non-hydrogen) atoms. The number of carbonyl (C=O) groups is 1. The van der Waals surface area contributed by atoms with Crippen molar-refractivity contribution in [2.24, 2.45) is 0 Å². The van der Waals surface area contributed by atoms with E-state index in [1.54, 1.807) is 11.1 Å². The first kappa shape index (κ1) is 17.0. The number of nitrogens with zero attached hydrogens (tertiary/aromatic N) is 3. The highest BCUT2D eigenvalue weighted by Gasteiger charge is 2.24. The maximum atomic E-state index is 12.2. The Morgan fingerprint density at radius 3 is 2.75 bits per heavy atom. The molecule has 1 aliphatic heterocycles. The van der Waals surface area contributed by atoms with Gasteiger partial charge in [-0.05, 0) is 30.0 Å². The van der Waals surface area contributed by atoms with Crippen molar-refractivity contribution in [3.05, 3.63) is 42.2 Å². The summed E-state index contributed by atoms with van der Waals surface area (Å²) in [6.45, 7) is 5.44. The van der Waals surface area contributed by atoms with Gasteiger partial charge in [0.05, 0.1) is 11.9 Å². The fourth-order valence-corrected chi connectivity index (χ4v) is 3.67. The first-order valence-electron chi connectivity index (χ1n) is 8.27. The van der Waals surface area contributed by atoms with Gasteiger partial charge in [0.1, 0.15) is 0 Å². The van der Waals surface area contributed by atoms with Crippen molar-refractivity contribution in [1.29, 1.82) is 0 Å².